The third-order valence-electron chi connectivity index (χ3n) is 3.48. The zero-order valence-electron chi connectivity index (χ0n) is 13.3. The van der Waals surface area contributed by atoms with E-state index in [1.165, 1.54) is 11.3 Å². The number of hydrogen-bond donors (Lipinski definition) is 3. The lowest BCUT2D eigenvalue weighted by Crippen LogP contribution is -2.26. The minimum atomic E-state index is -0.811. The molecule has 26 heavy (non-hydrogen) atoms. The van der Waals surface area contributed by atoms with Crippen molar-refractivity contribution in [1.29, 1.82) is 0 Å². The monoisotopic (exact) mass is 388 g/mol. The Labute approximate surface area is 157 Å². The highest BCUT2D eigenvalue weighted by Crippen LogP contribution is 2.20. The van der Waals surface area contributed by atoms with Gasteiger partial charge in [0, 0.05) is 23.1 Å². The molecule has 0 atom stereocenters. The van der Waals surface area contributed by atoms with Crippen LogP contribution >= 0.6 is 22.9 Å². The Morgan fingerprint density at radius 3 is 2.92 bits per heavy atom. The summed E-state index contributed by atoms with van der Waals surface area (Å²) in [5.41, 5.74) is 0.351. The number of rotatable bonds is 5. The number of aromatic nitrogens is 3. The van der Waals surface area contributed by atoms with E-state index in [2.05, 4.69) is 26.8 Å². The summed E-state index contributed by atoms with van der Waals surface area (Å²) < 4.78 is 0. The van der Waals surface area contributed by atoms with E-state index in [-0.39, 0.29) is 18.1 Å². The Hall–Kier alpha value is -2.97. The van der Waals surface area contributed by atoms with E-state index in [1.807, 2.05) is 0 Å². The van der Waals surface area contributed by atoms with Crippen LogP contribution in [-0.2, 0) is 6.54 Å². The lowest BCUT2D eigenvalue weighted by Gasteiger charge is -2.08. The molecule has 132 valence electrons. The van der Waals surface area contributed by atoms with E-state index in [0.29, 0.717) is 10.0 Å². The van der Waals surface area contributed by atoms with E-state index in [9.17, 15) is 14.7 Å². The number of carbonyl (C=O) groups excluding carboxylic acids is 1. The molecule has 9 heteroatoms. The van der Waals surface area contributed by atoms with E-state index < -0.39 is 17.2 Å². The van der Waals surface area contributed by atoms with Gasteiger partial charge in [0.1, 0.15) is 0 Å². The fourth-order valence-electron chi connectivity index (χ4n) is 2.18. The zero-order chi connectivity index (χ0) is 18.7. The van der Waals surface area contributed by atoms with Crippen LogP contribution in [0.5, 0.6) is 5.75 Å². The molecule has 0 bridgehead atoms. The maximum absolute atomic E-state index is 12.4. The molecule has 0 aliphatic heterocycles. The summed E-state index contributed by atoms with van der Waals surface area (Å²) >= 11 is 7.34. The van der Waals surface area contributed by atoms with Gasteiger partial charge in [0.2, 0.25) is 5.75 Å². The summed E-state index contributed by atoms with van der Waals surface area (Å²) in [6.45, 7) is 3.80. The fraction of sp³-hybridized carbons (Fsp3) is 0.0588. The number of hydrogen-bond acceptors (Lipinski definition) is 6. The molecule has 0 saturated heterocycles. The summed E-state index contributed by atoms with van der Waals surface area (Å²) in [5, 5.41) is 15.1. The molecule has 3 aromatic rings. The molecule has 1 amide bonds. The molecule has 1 aromatic carbocycles. The number of H-pyrrole nitrogens is 1. The fourth-order valence-corrected chi connectivity index (χ4v) is 3.04. The average molecular weight is 389 g/mol. The Morgan fingerprint density at radius 2 is 2.27 bits per heavy atom. The van der Waals surface area contributed by atoms with Gasteiger partial charge >= 0.3 is 0 Å². The Bertz CT molecular complexity index is 1030. The van der Waals surface area contributed by atoms with Gasteiger partial charge in [0.25, 0.3) is 11.5 Å². The van der Waals surface area contributed by atoms with Gasteiger partial charge in [-0.25, -0.2) is 9.97 Å². The van der Waals surface area contributed by atoms with Crippen LogP contribution in [-0.4, -0.2) is 26.0 Å². The Kier molecular flexibility index (Phi) is 5.15. The standard InChI is InChI=1S/C17H13ClN4O3S/c1-2-10-4-3-9(7-11(10)18)8-20-15(24)12-13(23)16(25)22-14(21-12)17-19-5-6-26-17/h2-7,23H,1,8H2,(H,20,24)(H,21,22,25). The highest BCUT2D eigenvalue weighted by atomic mass is 35.5. The number of thiazole rings is 1. The van der Waals surface area contributed by atoms with Gasteiger partial charge in [-0.3, -0.25) is 9.59 Å². The van der Waals surface area contributed by atoms with E-state index >= 15 is 0 Å². The van der Waals surface area contributed by atoms with Crippen LogP contribution in [0, 0.1) is 0 Å². The van der Waals surface area contributed by atoms with Crippen LogP contribution in [0.25, 0.3) is 16.9 Å². The van der Waals surface area contributed by atoms with Crippen molar-refractivity contribution in [3.63, 3.8) is 0 Å². The van der Waals surface area contributed by atoms with Crippen molar-refractivity contribution in [1.82, 2.24) is 20.3 Å². The third-order valence-corrected chi connectivity index (χ3v) is 4.59. The van der Waals surface area contributed by atoms with Crippen LogP contribution in [0.1, 0.15) is 21.6 Å². The number of aromatic hydroxyl groups is 1. The van der Waals surface area contributed by atoms with Gasteiger partial charge in [-0.1, -0.05) is 36.4 Å². The number of halogens is 1. The second-order valence-corrected chi connectivity index (χ2v) is 6.49. The van der Waals surface area contributed by atoms with Crippen LogP contribution in [0.2, 0.25) is 5.02 Å². The van der Waals surface area contributed by atoms with Gasteiger partial charge in [-0.15, -0.1) is 11.3 Å². The molecular weight excluding hydrogens is 376 g/mol. The van der Waals surface area contributed by atoms with Gasteiger partial charge in [-0.05, 0) is 17.2 Å². The summed E-state index contributed by atoms with van der Waals surface area (Å²) in [5.74, 6) is -1.32. The smallest absolute Gasteiger partial charge is 0.294 e. The molecule has 2 aromatic heterocycles. The van der Waals surface area contributed by atoms with E-state index in [1.54, 1.807) is 35.9 Å². The van der Waals surface area contributed by atoms with Crippen molar-refractivity contribution in [3.05, 3.63) is 68.6 Å². The first kappa shape index (κ1) is 17.8. The van der Waals surface area contributed by atoms with Gasteiger partial charge in [-0.2, -0.15) is 0 Å². The van der Waals surface area contributed by atoms with Crippen molar-refractivity contribution < 1.29 is 9.90 Å². The van der Waals surface area contributed by atoms with E-state index in [0.717, 1.165) is 11.1 Å². The minimum Gasteiger partial charge on any atom is -0.501 e. The summed E-state index contributed by atoms with van der Waals surface area (Å²) in [6.07, 6.45) is 3.17. The second kappa shape index (κ2) is 7.51. The largest absolute Gasteiger partial charge is 0.501 e. The van der Waals surface area contributed by atoms with Crippen LogP contribution < -0.4 is 10.9 Å². The van der Waals surface area contributed by atoms with Gasteiger partial charge in [0.15, 0.2) is 16.5 Å². The Balaban J connectivity index is 1.82. The molecule has 7 nitrogen and oxygen atoms in total. The summed E-state index contributed by atoms with van der Waals surface area (Å²) in [7, 11) is 0. The normalized spacial score (nSPS) is 10.5. The highest BCUT2D eigenvalue weighted by Gasteiger charge is 2.19. The lowest BCUT2D eigenvalue weighted by atomic mass is 10.1. The second-order valence-electron chi connectivity index (χ2n) is 5.19. The number of nitrogens with one attached hydrogen (secondary N) is 2. The number of amides is 1. The van der Waals surface area contributed by atoms with E-state index in [4.69, 9.17) is 11.6 Å². The maximum Gasteiger partial charge on any atom is 0.294 e. The third kappa shape index (κ3) is 3.66. The van der Waals surface area contributed by atoms with Crippen molar-refractivity contribution in [2.24, 2.45) is 0 Å². The molecule has 0 aliphatic carbocycles. The number of benzene rings is 1. The number of carbonyl (C=O) groups is 1. The first-order chi connectivity index (χ1) is 12.5. The molecule has 0 spiro atoms. The van der Waals surface area contributed by atoms with Crippen molar-refractivity contribution in [2.75, 3.05) is 0 Å². The molecule has 3 rings (SSSR count). The van der Waals surface area contributed by atoms with Crippen molar-refractivity contribution in [3.8, 4) is 16.6 Å². The number of aromatic amines is 1. The molecule has 0 fully saturated rings. The first-order valence-electron chi connectivity index (χ1n) is 7.42. The Morgan fingerprint density at radius 1 is 1.46 bits per heavy atom. The minimum absolute atomic E-state index is 0.117. The molecule has 0 saturated carbocycles. The summed E-state index contributed by atoms with van der Waals surface area (Å²) in [4.78, 5) is 34.7. The molecule has 0 radical (unpaired) electrons. The average Bonchev–Trinajstić information content (AvgIpc) is 3.16. The maximum atomic E-state index is 12.4. The predicted molar refractivity (Wildman–Crippen MR) is 100 cm³/mol. The lowest BCUT2D eigenvalue weighted by molar-refractivity contribution is 0.0942. The molecule has 3 N–H and O–H groups in total. The number of nitrogens with zero attached hydrogens (tertiary/aromatic N) is 2. The predicted octanol–water partition coefficient (Wildman–Crippen LogP) is 2.83. The molecule has 2 heterocycles. The molecule has 0 aliphatic rings. The van der Waals surface area contributed by atoms with Crippen LogP contribution in [0.15, 0.2) is 41.1 Å². The van der Waals surface area contributed by atoms with Gasteiger partial charge < -0.3 is 15.4 Å². The summed E-state index contributed by atoms with van der Waals surface area (Å²) in [6, 6.07) is 5.26. The van der Waals surface area contributed by atoms with Crippen LogP contribution in [0.3, 0.4) is 0 Å². The zero-order valence-corrected chi connectivity index (χ0v) is 14.9. The van der Waals surface area contributed by atoms with Crippen molar-refractivity contribution >= 4 is 34.9 Å². The highest BCUT2D eigenvalue weighted by molar-refractivity contribution is 7.13. The quantitative estimate of drug-likeness (QED) is 0.622. The van der Waals surface area contributed by atoms with Gasteiger partial charge in [0.05, 0.1) is 0 Å². The SMILES string of the molecule is C=Cc1ccc(CNC(=O)c2nc(-c3nccs3)[nH]c(=O)c2O)cc1Cl. The molecule has 0 unspecified atom stereocenters. The van der Waals surface area contributed by atoms with Crippen molar-refractivity contribution in [2.45, 2.75) is 6.54 Å². The molecular formula is C17H13ClN4O3S. The first-order valence-corrected chi connectivity index (χ1v) is 8.67. The topological polar surface area (TPSA) is 108 Å². The van der Waals surface area contributed by atoms with Crippen LogP contribution in [0.4, 0.5) is 0 Å².